The lowest BCUT2D eigenvalue weighted by Gasteiger charge is -2.10. The molecule has 0 fully saturated rings. The summed E-state index contributed by atoms with van der Waals surface area (Å²) >= 11 is 0. The number of benzene rings is 1. The predicted octanol–water partition coefficient (Wildman–Crippen LogP) is 4.10. The van der Waals surface area contributed by atoms with Gasteiger partial charge < -0.3 is 29.4 Å². The Morgan fingerprint density at radius 3 is 2.73 bits per heavy atom. The Morgan fingerprint density at radius 1 is 1.20 bits per heavy atom. The summed E-state index contributed by atoms with van der Waals surface area (Å²) in [5.41, 5.74) is 1.48. The average Bonchev–Trinajstić information content (AvgIpc) is 3.29. The molecule has 3 N–H and O–H groups in total. The van der Waals surface area contributed by atoms with Gasteiger partial charge in [-0.3, -0.25) is 0 Å². The highest BCUT2D eigenvalue weighted by molar-refractivity contribution is 6.21. The van der Waals surface area contributed by atoms with Crippen LogP contribution < -0.4 is 14.8 Å². The van der Waals surface area contributed by atoms with Gasteiger partial charge >= 0.3 is 5.97 Å². The summed E-state index contributed by atoms with van der Waals surface area (Å²) in [6.07, 6.45) is 4.71. The van der Waals surface area contributed by atoms with Gasteiger partial charge in [0.15, 0.2) is 34.4 Å². The standard InChI is InChI=1S/C21H17N3O6/c1-28-14-6-5-12(9-15(14)29-2)24-20-17(21(26)27)18(25)16(30-20)8-11-10-23-19-13(11)4-3-7-22-19/h3-10,24-25H,1-2H3,(H,26,27). The third kappa shape index (κ3) is 3.32. The lowest BCUT2D eigenvalue weighted by Crippen LogP contribution is -2.00. The molecule has 1 aromatic carbocycles. The van der Waals surface area contributed by atoms with E-state index >= 15 is 0 Å². The Morgan fingerprint density at radius 2 is 2.00 bits per heavy atom. The van der Waals surface area contributed by atoms with Crippen LogP contribution in [0, 0.1) is 0 Å². The minimum absolute atomic E-state index is 0.0199. The lowest BCUT2D eigenvalue weighted by molar-refractivity contribution is 0.0695. The summed E-state index contributed by atoms with van der Waals surface area (Å²) in [6, 6.07) is 8.52. The number of aliphatic imine (C=N–C) groups is 1. The fourth-order valence-electron chi connectivity index (χ4n) is 3.05. The Balaban J connectivity index is 1.73. The second kappa shape index (κ2) is 7.63. The fraction of sp³-hybridized carbons (Fsp3) is 0.0952. The first-order valence-corrected chi connectivity index (χ1v) is 8.81. The van der Waals surface area contributed by atoms with Crippen LogP contribution in [0.5, 0.6) is 17.2 Å². The summed E-state index contributed by atoms with van der Waals surface area (Å²) in [5, 5.41) is 22.9. The molecule has 2 aromatic heterocycles. The third-order valence-corrected chi connectivity index (χ3v) is 4.47. The molecule has 0 atom stereocenters. The number of rotatable bonds is 6. The molecule has 0 unspecified atom stereocenters. The number of hydrogen-bond donors (Lipinski definition) is 3. The van der Waals surface area contributed by atoms with Crippen LogP contribution in [0.4, 0.5) is 17.4 Å². The van der Waals surface area contributed by atoms with Gasteiger partial charge in [-0.1, -0.05) is 0 Å². The molecule has 1 aliphatic rings. The molecule has 0 aliphatic carbocycles. The number of aromatic hydroxyl groups is 1. The maximum absolute atomic E-state index is 11.7. The third-order valence-electron chi connectivity index (χ3n) is 4.47. The van der Waals surface area contributed by atoms with Gasteiger partial charge in [0.2, 0.25) is 5.88 Å². The van der Waals surface area contributed by atoms with Crippen molar-refractivity contribution in [3.05, 3.63) is 53.4 Å². The minimum atomic E-state index is -1.34. The van der Waals surface area contributed by atoms with Gasteiger partial charge in [0.25, 0.3) is 0 Å². The highest BCUT2D eigenvalue weighted by Gasteiger charge is 2.26. The van der Waals surface area contributed by atoms with Crippen LogP contribution >= 0.6 is 0 Å². The molecule has 0 spiro atoms. The SMILES string of the molecule is COc1ccc(Nc2oc(C=C3C=Nc4ncccc43)c(O)c2C(=O)O)cc1OC. The van der Waals surface area contributed by atoms with E-state index in [9.17, 15) is 15.0 Å². The first kappa shape index (κ1) is 19.1. The van der Waals surface area contributed by atoms with E-state index in [1.807, 2.05) is 6.07 Å². The van der Waals surface area contributed by atoms with Crippen molar-refractivity contribution < 1.29 is 28.9 Å². The van der Waals surface area contributed by atoms with Gasteiger partial charge in [-0.25, -0.2) is 14.8 Å². The molecule has 30 heavy (non-hydrogen) atoms. The number of carbonyl (C=O) groups is 1. The van der Waals surface area contributed by atoms with E-state index in [1.165, 1.54) is 20.3 Å². The van der Waals surface area contributed by atoms with Gasteiger partial charge in [0.1, 0.15) is 0 Å². The van der Waals surface area contributed by atoms with Crippen molar-refractivity contribution in [3.63, 3.8) is 0 Å². The molecular weight excluding hydrogens is 390 g/mol. The molecule has 0 amide bonds. The zero-order chi connectivity index (χ0) is 21.3. The number of anilines is 2. The summed E-state index contributed by atoms with van der Waals surface area (Å²) in [5.74, 6) is -0.480. The second-order valence-electron chi connectivity index (χ2n) is 6.25. The number of carboxylic acid groups (broad SMARTS) is 1. The lowest BCUT2D eigenvalue weighted by atomic mass is 10.1. The number of aromatic nitrogens is 1. The van der Waals surface area contributed by atoms with Crippen molar-refractivity contribution >= 4 is 41.2 Å². The first-order valence-electron chi connectivity index (χ1n) is 8.81. The maximum atomic E-state index is 11.7. The molecule has 3 aromatic rings. The van der Waals surface area contributed by atoms with Crippen LogP contribution in [0.15, 0.2) is 45.9 Å². The minimum Gasteiger partial charge on any atom is -0.504 e. The van der Waals surface area contributed by atoms with Crippen molar-refractivity contribution in [2.75, 3.05) is 19.5 Å². The van der Waals surface area contributed by atoms with Gasteiger partial charge in [-0.05, 0) is 30.3 Å². The van der Waals surface area contributed by atoms with Crippen LogP contribution in [-0.4, -0.2) is 41.6 Å². The maximum Gasteiger partial charge on any atom is 0.345 e. The van der Waals surface area contributed by atoms with E-state index in [0.29, 0.717) is 28.6 Å². The van der Waals surface area contributed by atoms with E-state index in [1.54, 1.807) is 36.7 Å². The first-order chi connectivity index (χ1) is 14.5. The molecule has 0 bridgehead atoms. The van der Waals surface area contributed by atoms with Crippen LogP contribution in [-0.2, 0) is 0 Å². The molecule has 0 radical (unpaired) electrons. The fourth-order valence-corrected chi connectivity index (χ4v) is 3.05. The zero-order valence-electron chi connectivity index (χ0n) is 16.0. The van der Waals surface area contributed by atoms with Crippen molar-refractivity contribution in [1.82, 2.24) is 4.98 Å². The van der Waals surface area contributed by atoms with E-state index in [-0.39, 0.29) is 11.6 Å². The summed E-state index contributed by atoms with van der Waals surface area (Å²) in [7, 11) is 3.00. The van der Waals surface area contributed by atoms with Crippen molar-refractivity contribution in [2.24, 2.45) is 4.99 Å². The molecule has 152 valence electrons. The van der Waals surface area contributed by atoms with Crippen LogP contribution in [0.1, 0.15) is 21.7 Å². The van der Waals surface area contributed by atoms with E-state index in [0.717, 1.165) is 5.56 Å². The Hall–Kier alpha value is -4.27. The molecule has 0 saturated carbocycles. The molecule has 3 heterocycles. The van der Waals surface area contributed by atoms with Gasteiger partial charge in [-0.2, -0.15) is 0 Å². The van der Waals surface area contributed by atoms with Crippen LogP contribution in [0.3, 0.4) is 0 Å². The summed E-state index contributed by atoms with van der Waals surface area (Å²) < 4.78 is 16.1. The molecule has 0 saturated heterocycles. The number of fused-ring (bicyclic) bond motifs is 1. The summed E-state index contributed by atoms with van der Waals surface area (Å²) in [4.78, 5) is 20.1. The normalized spacial score (nSPS) is 13.3. The summed E-state index contributed by atoms with van der Waals surface area (Å²) in [6.45, 7) is 0. The topological polar surface area (TPSA) is 126 Å². The molecule has 1 aliphatic heterocycles. The number of carboxylic acids is 1. The van der Waals surface area contributed by atoms with E-state index in [4.69, 9.17) is 13.9 Å². The Labute approximate surface area is 170 Å². The monoisotopic (exact) mass is 407 g/mol. The number of hydrogen-bond acceptors (Lipinski definition) is 8. The van der Waals surface area contributed by atoms with E-state index < -0.39 is 17.3 Å². The number of methoxy groups -OCH3 is 2. The van der Waals surface area contributed by atoms with Crippen molar-refractivity contribution in [1.29, 1.82) is 0 Å². The second-order valence-corrected chi connectivity index (χ2v) is 6.25. The number of ether oxygens (including phenoxy) is 2. The van der Waals surface area contributed by atoms with E-state index in [2.05, 4.69) is 15.3 Å². The Bertz CT molecular complexity index is 1200. The van der Waals surface area contributed by atoms with Gasteiger partial charge in [0, 0.05) is 35.3 Å². The molecule has 9 nitrogen and oxygen atoms in total. The van der Waals surface area contributed by atoms with Crippen molar-refractivity contribution in [2.45, 2.75) is 0 Å². The average molecular weight is 407 g/mol. The number of allylic oxidation sites excluding steroid dienone is 1. The van der Waals surface area contributed by atoms with Crippen LogP contribution in [0.2, 0.25) is 0 Å². The molecule has 9 heteroatoms. The number of nitrogens with zero attached hydrogens (tertiary/aromatic N) is 2. The number of nitrogens with one attached hydrogen (secondary N) is 1. The zero-order valence-corrected chi connectivity index (χ0v) is 16.0. The van der Waals surface area contributed by atoms with Crippen molar-refractivity contribution in [3.8, 4) is 17.2 Å². The molecule has 4 rings (SSSR count). The Kier molecular flexibility index (Phi) is 4.85. The predicted molar refractivity (Wildman–Crippen MR) is 110 cm³/mol. The smallest absolute Gasteiger partial charge is 0.345 e. The number of pyridine rings is 1. The van der Waals surface area contributed by atoms with Crippen LogP contribution in [0.25, 0.3) is 11.6 Å². The van der Waals surface area contributed by atoms with Gasteiger partial charge in [0.05, 0.1) is 14.2 Å². The highest BCUT2D eigenvalue weighted by atomic mass is 16.5. The number of furan rings is 1. The quantitative estimate of drug-likeness (QED) is 0.558. The number of aromatic carboxylic acids is 1. The highest BCUT2D eigenvalue weighted by Crippen LogP contribution is 2.40. The largest absolute Gasteiger partial charge is 0.504 e. The molecular formula is C21H17N3O6. The van der Waals surface area contributed by atoms with Gasteiger partial charge in [-0.15, -0.1) is 0 Å².